The van der Waals surface area contributed by atoms with Gasteiger partial charge in [-0.3, -0.25) is 4.79 Å². The van der Waals surface area contributed by atoms with E-state index in [0.29, 0.717) is 0 Å². The lowest BCUT2D eigenvalue weighted by Gasteiger charge is -2.15. The van der Waals surface area contributed by atoms with E-state index in [1.165, 1.54) is 7.11 Å². The SMILES string of the molecule is COC(=O)C(=O)N[C@@H](Cc1ccccc1)C(=O)OC. The average molecular weight is 265 g/mol. The summed E-state index contributed by atoms with van der Waals surface area (Å²) in [6, 6.07) is 8.14. The van der Waals surface area contributed by atoms with Crippen LogP contribution in [-0.4, -0.2) is 38.1 Å². The number of esters is 2. The lowest BCUT2D eigenvalue weighted by molar-refractivity contribution is -0.154. The number of carbonyl (C=O) groups excluding carboxylic acids is 3. The Morgan fingerprint density at radius 3 is 2.26 bits per heavy atom. The second-order valence-corrected chi connectivity index (χ2v) is 3.73. The fraction of sp³-hybridized carbons (Fsp3) is 0.308. The Kier molecular flexibility index (Phi) is 5.53. The Bertz CT molecular complexity index is 457. The number of hydrogen-bond donors (Lipinski definition) is 1. The predicted molar refractivity (Wildman–Crippen MR) is 66.1 cm³/mol. The summed E-state index contributed by atoms with van der Waals surface area (Å²) in [6.07, 6.45) is 0.232. The highest BCUT2D eigenvalue weighted by Gasteiger charge is 2.25. The molecular weight excluding hydrogens is 250 g/mol. The van der Waals surface area contributed by atoms with E-state index < -0.39 is 23.9 Å². The molecule has 1 aromatic carbocycles. The van der Waals surface area contributed by atoms with Crippen LogP contribution in [0.5, 0.6) is 0 Å². The van der Waals surface area contributed by atoms with Gasteiger partial charge in [0.1, 0.15) is 6.04 Å². The maximum atomic E-state index is 11.6. The molecule has 0 saturated carbocycles. The molecule has 6 heteroatoms. The van der Waals surface area contributed by atoms with Crippen LogP contribution >= 0.6 is 0 Å². The number of hydrogen-bond acceptors (Lipinski definition) is 5. The van der Waals surface area contributed by atoms with Crippen molar-refractivity contribution in [1.29, 1.82) is 0 Å². The molecular formula is C13H15NO5. The number of benzene rings is 1. The molecule has 1 atom stereocenters. The van der Waals surface area contributed by atoms with Crippen molar-refractivity contribution in [2.45, 2.75) is 12.5 Å². The van der Waals surface area contributed by atoms with Crippen LogP contribution in [0.3, 0.4) is 0 Å². The summed E-state index contributed by atoms with van der Waals surface area (Å²) < 4.78 is 8.87. The Morgan fingerprint density at radius 2 is 1.74 bits per heavy atom. The van der Waals surface area contributed by atoms with E-state index >= 15 is 0 Å². The zero-order chi connectivity index (χ0) is 14.3. The molecule has 1 N–H and O–H groups in total. The van der Waals surface area contributed by atoms with Crippen LogP contribution in [0, 0.1) is 0 Å². The molecule has 0 heterocycles. The van der Waals surface area contributed by atoms with Gasteiger partial charge in [-0.15, -0.1) is 0 Å². The van der Waals surface area contributed by atoms with Gasteiger partial charge in [0.25, 0.3) is 0 Å². The van der Waals surface area contributed by atoms with E-state index in [1.54, 1.807) is 12.1 Å². The van der Waals surface area contributed by atoms with E-state index in [2.05, 4.69) is 14.8 Å². The third-order valence-electron chi connectivity index (χ3n) is 2.44. The van der Waals surface area contributed by atoms with E-state index in [-0.39, 0.29) is 6.42 Å². The van der Waals surface area contributed by atoms with Gasteiger partial charge in [0, 0.05) is 6.42 Å². The van der Waals surface area contributed by atoms with Crippen molar-refractivity contribution < 1.29 is 23.9 Å². The smallest absolute Gasteiger partial charge is 0.396 e. The molecule has 19 heavy (non-hydrogen) atoms. The summed E-state index contributed by atoms with van der Waals surface area (Å²) in [4.78, 5) is 34.0. The molecule has 0 aliphatic carbocycles. The summed E-state index contributed by atoms with van der Waals surface area (Å²) in [5, 5.41) is 2.28. The molecule has 0 saturated heterocycles. The maximum absolute atomic E-state index is 11.6. The molecule has 6 nitrogen and oxygen atoms in total. The van der Waals surface area contributed by atoms with Gasteiger partial charge >= 0.3 is 17.8 Å². The number of nitrogens with one attached hydrogen (secondary N) is 1. The van der Waals surface area contributed by atoms with Crippen molar-refractivity contribution in [3.05, 3.63) is 35.9 Å². The van der Waals surface area contributed by atoms with Gasteiger partial charge in [-0.05, 0) is 5.56 Å². The highest BCUT2D eigenvalue weighted by molar-refractivity contribution is 6.32. The van der Waals surface area contributed by atoms with Crippen molar-refractivity contribution in [3.8, 4) is 0 Å². The average Bonchev–Trinajstić information content (AvgIpc) is 2.45. The zero-order valence-electron chi connectivity index (χ0n) is 10.7. The number of ether oxygens (including phenoxy) is 2. The Hall–Kier alpha value is -2.37. The summed E-state index contributed by atoms with van der Waals surface area (Å²) in [7, 11) is 2.30. The largest absolute Gasteiger partial charge is 0.467 e. The lowest BCUT2D eigenvalue weighted by atomic mass is 10.1. The second kappa shape index (κ2) is 7.15. The first kappa shape index (κ1) is 14.7. The van der Waals surface area contributed by atoms with Gasteiger partial charge in [0.05, 0.1) is 14.2 Å². The van der Waals surface area contributed by atoms with E-state index in [4.69, 9.17) is 0 Å². The number of amides is 1. The lowest BCUT2D eigenvalue weighted by Crippen LogP contribution is -2.46. The van der Waals surface area contributed by atoms with Crippen LogP contribution in [0.2, 0.25) is 0 Å². The quantitative estimate of drug-likeness (QED) is 0.615. The molecule has 0 bridgehead atoms. The van der Waals surface area contributed by atoms with E-state index in [1.807, 2.05) is 18.2 Å². The van der Waals surface area contributed by atoms with Crippen LogP contribution in [-0.2, 0) is 30.3 Å². The van der Waals surface area contributed by atoms with Crippen LogP contribution < -0.4 is 5.32 Å². The monoisotopic (exact) mass is 265 g/mol. The van der Waals surface area contributed by atoms with Gasteiger partial charge in [-0.1, -0.05) is 30.3 Å². The number of methoxy groups -OCH3 is 2. The highest BCUT2D eigenvalue weighted by atomic mass is 16.5. The third kappa shape index (κ3) is 4.42. The molecule has 1 aromatic rings. The van der Waals surface area contributed by atoms with Crippen molar-refractivity contribution in [1.82, 2.24) is 5.32 Å². The van der Waals surface area contributed by atoms with E-state index in [0.717, 1.165) is 12.7 Å². The maximum Gasteiger partial charge on any atom is 0.396 e. The molecule has 1 amide bonds. The molecule has 102 valence electrons. The van der Waals surface area contributed by atoms with Crippen molar-refractivity contribution in [3.63, 3.8) is 0 Å². The minimum absolute atomic E-state index is 0.232. The molecule has 0 spiro atoms. The topological polar surface area (TPSA) is 81.7 Å². The van der Waals surface area contributed by atoms with Crippen molar-refractivity contribution in [2.24, 2.45) is 0 Å². The van der Waals surface area contributed by atoms with Gasteiger partial charge in [-0.25, -0.2) is 9.59 Å². The van der Waals surface area contributed by atoms with Gasteiger partial charge in [0.2, 0.25) is 0 Å². The summed E-state index contributed by atoms with van der Waals surface area (Å²) >= 11 is 0. The first-order chi connectivity index (χ1) is 9.08. The Balaban J connectivity index is 2.76. The molecule has 0 aliphatic rings. The van der Waals surface area contributed by atoms with E-state index in [9.17, 15) is 14.4 Å². The van der Waals surface area contributed by atoms with Gasteiger partial charge in [0.15, 0.2) is 0 Å². The second-order valence-electron chi connectivity index (χ2n) is 3.73. The summed E-state index contributed by atoms with van der Waals surface area (Å²) in [6.45, 7) is 0. The molecule has 1 rings (SSSR count). The minimum Gasteiger partial charge on any atom is -0.467 e. The molecule has 0 unspecified atom stereocenters. The fourth-order valence-corrected chi connectivity index (χ4v) is 1.50. The fourth-order valence-electron chi connectivity index (χ4n) is 1.50. The van der Waals surface area contributed by atoms with Gasteiger partial charge < -0.3 is 14.8 Å². The number of carbonyl (C=O) groups is 3. The Labute approximate surface area is 110 Å². The predicted octanol–water partition coefficient (Wildman–Crippen LogP) is 0.0599. The Morgan fingerprint density at radius 1 is 1.11 bits per heavy atom. The highest BCUT2D eigenvalue weighted by Crippen LogP contribution is 2.04. The normalized spacial score (nSPS) is 11.3. The summed E-state index contributed by atoms with van der Waals surface area (Å²) in [5.41, 5.74) is 0.836. The molecule has 0 aromatic heterocycles. The van der Waals surface area contributed by atoms with Crippen molar-refractivity contribution >= 4 is 17.8 Å². The van der Waals surface area contributed by atoms with Crippen molar-refractivity contribution in [2.75, 3.05) is 14.2 Å². The van der Waals surface area contributed by atoms with Crippen LogP contribution in [0.4, 0.5) is 0 Å². The number of rotatable bonds is 4. The standard InChI is InChI=1S/C13H15NO5/c1-18-12(16)10(14-11(15)13(17)19-2)8-9-6-4-3-5-7-9/h3-7,10H,8H2,1-2H3,(H,14,15)/t10-/m0/s1. The minimum atomic E-state index is -1.05. The van der Waals surface area contributed by atoms with Crippen LogP contribution in [0.15, 0.2) is 30.3 Å². The van der Waals surface area contributed by atoms with Crippen LogP contribution in [0.25, 0.3) is 0 Å². The zero-order valence-corrected chi connectivity index (χ0v) is 10.7. The summed E-state index contributed by atoms with van der Waals surface area (Å²) in [5.74, 6) is -2.66. The molecule has 0 fully saturated rings. The third-order valence-corrected chi connectivity index (χ3v) is 2.44. The molecule has 0 aliphatic heterocycles. The first-order valence-electron chi connectivity index (χ1n) is 5.59. The first-order valence-corrected chi connectivity index (χ1v) is 5.59. The van der Waals surface area contributed by atoms with Gasteiger partial charge in [-0.2, -0.15) is 0 Å². The van der Waals surface area contributed by atoms with Crippen LogP contribution in [0.1, 0.15) is 5.56 Å². The molecule has 0 radical (unpaired) electrons.